The molecule has 2 N–H and O–H groups in total. The van der Waals surface area contributed by atoms with Crippen molar-refractivity contribution in [3.05, 3.63) is 28.5 Å². The Balaban J connectivity index is 1.78. The maximum absolute atomic E-state index is 4.21. The maximum atomic E-state index is 4.21. The molecular formula is C10H15N5S. The summed E-state index contributed by atoms with van der Waals surface area (Å²) in [7, 11) is 0. The third kappa shape index (κ3) is 3.11. The number of rotatable bonds is 5. The molecule has 0 aliphatic carbocycles. The van der Waals surface area contributed by atoms with Crippen molar-refractivity contribution in [3.8, 4) is 0 Å². The number of aromatic amines is 1. The van der Waals surface area contributed by atoms with Crippen molar-refractivity contribution in [2.24, 2.45) is 0 Å². The average molecular weight is 237 g/mol. The lowest BCUT2D eigenvalue weighted by atomic mass is 10.2. The molecule has 6 heteroatoms. The molecule has 16 heavy (non-hydrogen) atoms. The normalized spacial score (nSPS) is 12.9. The summed E-state index contributed by atoms with van der Waals surface area (Å²) in [5.41, 5.74) is 3.19. The van der Waals surface area contributed by atoms with Crippen LogP contribution in [0.15, 0.2) is 11.4 Å². The summed E-state index contributed by atoms with van der Waals surface area (Å²) in [5.74, 6) is 0. The van der Waals surface area contributed by atoms with Gasteiger partial charge in [0.2, 0.25) is 0 Å². The molecule has 0 fully saturated rings. The number of aryl methyl sites for hydroxylation is 1. The molecule has 86 valence electrons. The van der Waals surface area contributed by atoms with E-state index in [2.05, 4.69) is 38.1 Å². The van der Waals surface area contributed by atoms with Crippen LogP contribution in [0.3, 0.4) is 0 Å². The smallest absolute Gasteiger partial charge is 0.0893 e. The molecule has 1 atom stereocenters. The molecule has 2 heterocycles. The molecule has 0 aromatic carbocycles. The molecule has 0 bridgehead atoms. The molecule has 0 radical (unpaired) electrons. The van der Waals surface area contributed by atoms with Gasteiger partial charge in [0.05, 0.1) is 11.4 Å². The van der Waals surface area contributed by atoms with Crippen LogP contribution in [-0.4, -0.2) is 25.8 Å². The zero-order chi connectivity index (χ0) is 11.4. The first-order valence-corrected chi connectivity index (χ1v) is 6.08. The van der Waals surface area contributed by atoms with E-state index >= 15 is 0 Å². The van der Waals surface area contributed by atoms with Gasteiger partial charge in [-0.1, -0.05) is 4.49 Å². The Morgan fingerprint density at radius 2 is 2.38 bits per heavy atom. The molecule has 0 saturated carbocycles. The van der Waals surface area contributed by atoms with Gasteiger partial charge in [-0.25, -0.2) is 0 Å². The molecule has 1 unspecified atom stereocenters. The number of hydrogen-bond acceptors (Lipinski definition) is 5. The molecule has 5 nitrogen and oxygen atoms in total. The van der Waals surface area contributed by atoms with Crippen LogP contribution in [0.25, 0.3) is 0 Å². The van der Waals surface area contributed by atoms with Crippen molar-refractivity contribution >= 4 is 11.5 Å². The van der Waals surface area contributed by atoms with E-state index in [1.807, 2.05) is 12.3 Å². The standard InChI is InChI=1S/C10H15N5S/c1-7(3-9-4-8(2)12-13-9)11-5-10-6-16-15-14-10/h4,6-7,11H,3,5H2,1-2H3,(H,12,13). The van der Waals surface area contributed by atoms with Crippen molar-refractivity contribution in [2.75, 3.05) is 0 Å². The summed E-state index contributed by atoms with van der Waals surface area (Å²) in [6.45, 7) is 4.92. The van der Waals surface area contributed by atoms with Crippen LogP contribution in [0, 0.1) is 6.92 Å². The first kappa shape index (κ1) is 11.2. The van der Waals surface area contributed by atoms with Gasteiger partial charge in [-0.15, -0.1) is 5.10 Å². The highest BCUT2D eigenvalue weighted by molar-refractivity contribution is 7.03. The lowest BCUT2D eigenvalue weighted by molar-refractivity contribution is 0.534. The zero-order valence-corrected chi connectivity index (χ0v) is 10.2. The Labute approximate surface area is 98.4 Å². The Morgan fingerprint density at radius 3 is 3.00 bits per heavy atom. The molecule has 0 amide bonds. The van der Waals surface area contributed by atoms with Gasteiger partial charge in [0.1, 0.15) is 0 Å². The third-order valence-electron chi connectivity index (χ3n) is 2.31. The van der Waals surface area contributed by atoms with Crippen molar-refractivity contribution < 1.29 is 0 Å². The van der Waals surface area contributed by atoms with Crippen molar-refractivity contribution in [3.63, 3.8) is 0 Å². The first-order valence-electron chi connectivity index (χ1n) is 5.24. The zero-order valence-electron chi connectivity index (χ0n) is 9.40. The monoisotopic (exact) mass is 237 g/mol. The fraction of sp³-hybridized carbons (Fsp3) is 0.500. The summed E-state index contributed by atoms with van der Waals surface area (Å²) in [4.78, 5) is 0. The number of hydrogen-bond donors (Lipinski definition) is 2. The Kier molecular flexibility index (Phi) is 3.63. The fourth-order valence-electron chi connectivity index (χ4n) is 1.50. The van der Waals surface area contributed by atoms with Crippen molar-refractivity contribution in [1.82, 2.24) is 25.1 Å². The fourth-order valence-corrected chi connectivity index (χ4v) is 1.96. The van der Waals surface area contributed by atoms with Gasteiger partial charge in [0.25, 0.3) is 0 Å². The van der Waals surface area contributed by atoms with E-state index in [4.69, 9.17) is 0 Å². The number of H-pyrrole nitrogens is 1. The van der Waals surface area contributed by atoms with Gasteiger partial charge in [0.15, 0.2) is 0 Å². The van der Waals surface area contributed by atoms with E-state index in [1.54, 1.807) is 0 Å². The minimum absolute atomic E-state index is 0.379. The summed E-state index contributed by atoms with van der Waals surface area (Å²) in [6.07, 6.45) is 0.919. The highest BCUT2D eigenvalue weighted by Crippen LogP contribution is 2.03. The predicted molar refractivity (Wildman–Crippen MR) is 63.2 cm³/mol. The number of nitrogens with zero attached hydrogens (tertiary/aromatic N) is 3. The SMILES string of the molecule is Cc1cc(CC(C)NCc2csnn2)n[nH]1. The van der Waals surface area contributed by atoms with Gasteiger partial charge in [0, 0.05) is 30.1 Å². The average Bonchev–Trinajstić information content (AvgIpc) is 2.87. The van der Waals surface area contributed by atoms with Crippen LogP contribution < -0.4 is 5.32 Å². The summed E-state index contributed by atoms with van der Waals surface area (Å²) in [6, 6.07) is 2.45. The van der Waals surface area contributed by atoms with Crippen LogP contribution in [0.5, 0.6) is 0 Å². The van der Waals surface area contributed by atoms with Crippen LogP contribution >= 0.6 is 11.5 Å². The van der Waals surface area contributed by atoms with Gasteiger partial charge in [-0.2, -0.15) is 5.10 Å². The summed E-state index contributed by atoms with van der Waals surface area (Å²) >= 11 is 1.38. The summed E-state index contributed by atoms with van der Waals surface area (Å²) < 4.78 is 3.82. The molecule has 2 aromatic heterocycles. The van der Waals surface area contributed by atoms with Crippen LogP contribution in [-0.2, 0) is 13.0 Å². The number of aromatic nitrogens is 4. The lowest BCUT2D eigenvalue weighted by Crippen LogP contribution is -2.27. The highest BCUT2D eigenvalue weighted by atomic mass is 32.1. The summed E-state index contributed by atoms with van der Waals surface area (Å²) in [5, 5.41) is 16.5. The van der Waals surface area contributed by atoms with Crippen molar-refractivity contribution in [2.45, 2.75) is 32.9 Å². The van der Waals surface area contributed by atoms with E-state index in [0.717, 1.165) is 30.0 Å². The Bertz CT molecular complexity index is 422. The molecule has 0 saturated heterocycles. The van der Waals surface area contributed by atoms with E-state index in [0.29, 0.717) is 6.04 Å². The van der Waals surface area contributed by atoms with E-state index in [1.165, 1.54) is 11.5 Å². The van der Waals surface area contributed by atoms with Gasteiger partial charge < -0.3 is 5.32 Å². The quantitative estimate of drug-likeness (QED) is 0.822. The van der Waals surface area contributed by atoms with E-state index in [-0.39, 0.29) is 0 Å². The minimum atomic E-state index is 0.379. The minimum Gasteiger partial charge on any atom is -0.308 e. The van der Waals surface area contributed by atoms with E-state index < -0.39 is 0 Å². The van der Waals surface area contributed by atoms with Crippen LogP contribution in [0.4, 0.5) is 0 Å². The number of nitrogens with one attached hydrogen (secondary N) is 2. The molecular weight excluding hydrogens is 222 g/mol. The maximum Gasteiger partial charge on any atom is 0.0893 e. The van der Waals surface area contributed by atoms with Gasteiger partial charge in [-0.3, -0.25) is 5.10 Å². The second-order valence-electron chi connectivity index (χ2n) is 3.92. The van der Waals surface area contributed by atoms with Gasteiger partial charge >= 0.3 is 0 Å². The van der Waals surface area contributed by atoms with E-state index in [9.17, 15) is 0 Å². The van der Waals surface area contributed by atoms with Crippen LogP contribution in [0.2, 0.25) is 0 Å². The molecule has 0 aliphatic rings. The Hall–Kier alpha value is -1.27. The molecule has 2 aromatic rings. The third-order valence-corrected chi connectivity index (χ3v) is 2.86. The molecule has 0 spiro atoms. The second kappa shape index (κ2) is 5.18. The largest absolute Gasteiger partial charge is 0.308 e. The first-order chi connectivity index (χ1) is 7.74. The van der Waals surface area contributed by atoms with Gasteiger partial charge in [-0.05, 0) is 31.4 Å². The Morgan fingerprint density at radius 1 is 1.50 bits per heavy atom. The highest BCUT2D eigenvalue weighted by Gasteiger charge is 2.06. The predicted octanol–water partition coefficient (Wildman–Crippen LogP) is 1.29. The van der Waals surface area contributed by atoms with Crippen molar-refractivity contribution in [1.29, 1.82) is 0 Å². The lowest BCUT2D eigenvalue weighted by Gasteiger charge is -2.10. The second-order valence-corrected chi connectivity index (χ2v) is 4.53. The van der Waals surface area contributed by atoms with Crippen LogP contribution in [0.1, 0.15) is 24.0 Å². The topological polar surface area (TPSA) is 66.5 Å². The molecule has 0 aliphatic heterocycles. The molecule has 2 rings (SSSR count).